The van der Waals surface area contributed by atoms with Crippen LogP contribution in [0.1, 0.15) is 12.5 Å². The van der Waals surface area contributed by atoms with Crippen molar-refractivity contribution >= 4 is 10.0 Å². The molecule has 0 aliphatic rings. The van der Waals surface area contributed by atoms with Gasteiger partial charge < -0.3 is 0 Å². The van der Waals surface area contributed by atoms with Gasteiger partial charge in [0.2, 0.25) is 10.0 Å². The van der Waals surface area contributed by atoms with Crippen molar-refractivity contribution in [1.29, 1.82) is 0 Å². The molecule has 6 nitrogen and oxygen atoms in total. The molecule has 0 saturated carbocycles. The lowest BCUT2D eigenvalue weighted by molar-refractivity contribution is 0.548. The highest BCUT2D eigenvalue weighted by molar-refractivity contribution is 7.89. The first-order valence-corrected chi connectivity index (χ1v) is 10.3. The Morgan fingerprint density at radius 1 is 1.00 bits per heavy atom. The van der Waals surface area contributed by atoms with Crippen LogP contribution in [0.15, 0.2) is 70.4 Å². The van der Waals surface area contributed by atoms with Gasteiger partial charge in [-0.2, -0.15) is 5.10 Å². The van der Waals surface area contributed by atoms with Gasteiger partial charge in [-0.1, -0.05) is 19.1 Å². The lowest BCUT2D eigenvalue weighted by Gasteiger charge is -2.09. The molecule has 0 spiro atoms. The molecule has 0 amide bonds. The summed E-state index contributed by atoms with van der Waals surface area (Å²) in [6.07, 6.45) is 0.826. The summed E-state index contributed by atoms with van der Waals surface area (Å²) < 4.78 is 41.5. The van der Waals surface area contributed by atoms with E-state index in [9.17, 15) is 17.6 Å². The fourth-order valence-electron chi connectivity index (χ4n) is 2.66. The minimum atomic E-state index is -3.67. The summed E-state index contributed by atoms with van der Waals surface area (Å²) in [5.74, 6) is -0.363. The summed E-state index contributed by atoms with van der Waals surface area (Å²) in [6.45, 7) is 2.07. The van der Waals surface area contributed by atoms with Crippen LogP contribution in [0.4, 0.5) is 4.39 Å². The topological polar surface area (TPSA) is 81.1 Å². The molecule has 0 aliphatic carbocycles. The number of rotatable bonds is 7. The quantitative estimate of drug-likeness (QED) is 0.660. The van der Waals surface area contributed by atoms with Crippen LogP contribution >= 0.6 is 0 Å². The van der Waals surface area contributed by atoms with Crippen LogP contribution in [0.2, 0.25) is 0 Å². The molecule has 1 heterocycles. The number of benzene rings is 2. The Balaban J connectivity index is 1.70. The molecular formula is C20H20FN3O3S. The molecule has 146 valence electrons. The van der Waals surface area contributed by atoms with Crippen molar-refractivity contribution in [2.75, 3.05) is 6.54 Å². The first-order chi connectivity index (χ1) is 13.4. The van der Waals surface area contributed by atoms with Gasteiger partial charge in [-0.05, 0) is 54.4 Å². The third-order valence-electron chi connectivity index (χ3n) is 4.26. The van der Waals surface area contributed by atoms with E-state index < -0.39 is 10.0 Å². The predicted molar refractivity (Wildman–Crippen MR) is 105 cm³/mol. The maximum atomic E-state index is 13.1. The van der Waals surface area contributed by atoms with E-state index in [0.29, 0.717) is 11.3 Å². The number of halogens is 1. The lowest BCUT2D eigenvalue weighted by Crippen LogP contribution is -2.32. The molecule has 28 heavy (non-hydrogen) atoms. The zero-order valence-electron chi connectivity index (χ0n) is 15.3. The second-order valence-corrected chi connectivity index (χ2v) is 7.95. The molecule has 1 N–H and O–H groups in total. The number of aromatic nitrogens is 2. The maximum absolute atomic E-state index is 13.1. The second kappa shape index (κ2) is 8.45. The van der Waals surface area contributed by atoms with Crippen molar-refractivity contribution in [2.45, 2.75) is 24.8 Å². The van der Waals surface area contributed by atoms with E-state index in [0.717, 1.165) is 12.0 Å². The van der Waals surface area contributed by atoms with Gasteiger partial charge in [0.15, 0.2) is 0 Å². The van der Waals surface area contributed by atoms with Crippen molar-refractivity contribution in [2.24, 2.45) is 0 Å². The Bertz CT molecular complexity index is 1110. The fourth-order valence-corrected chi connectivity index (χ4v) is 3.68. The van der Waals surface area contributed by atoms with E-state index in [4.69, 9.17) is 0 Å². The van der Waals surface area contributed by atoms with Crippen LogP contribution in [0.25, 0.3) is 11.3 Å². The van der Waals surface area contributed by atoms with Gasteiger partial charge in [-0.15, -0.1) is 0 Å². The van der Waals surface area contributed by atoms with Gasteiger partial charge in [0.1, 0.15) is 5.82 Å². The molecule has 8 heteroatoms. The first kappa shape index (κ1) is 19.9. The Morgan fingerprint density at radius 3 is 2.32 bits per heavy atom. The number of nitrogens with one attached hydrogen (secondary N) is 1. The molecule has 0 atom stereocenters. The molecule has 0 fully saturated rings. The van der Waals surface area contributed by atoms with Crippen LogP contribution in [-0.2, 0) is 23.0 Å². The third-order valence-corrected chi connectivity index (χ3v) is 5.74. The van der Waals surface area contributed by atoms with Crippen molar-refractivity contribution in [3.05, 3.63) is 82.4 Å². The Hall–Kier alpha value is -2.84. The summed E-state index contributed by atoms with van der Waals surface area (Å²) in [7, 11) is -3.67. The highest BCUT2D eigenvalue weighted by Crippen LogP contribution is 2.15. The minimum Gasteiger partial charge on any atom is -0.268 e. The number of aryl methyl sites for hydroxylation is 1. The highest BCUT2D eigenvalue weighted by Gasteiger charge is 2.13. The predicted octanol–water partition coefficient (Wildman–Crippen LogP) is 2.59. The second-order valence-electron chi connectivity index (χ2n) is 6.18. The van der Waals surface area contributed by atoms with Gasteiger partial charge in [-0.25, -0.2) is 22.2 Å². The maximum Gasteiger partial charge on any atom is 0.266 e. The van der Waals surface area contributed by atoms with E-state index in [1.54, 1.807) is 42.5 Å². The Labute approximate surface area is 162 Å². The Kier molecular flexibility index (Phi) is 6.01. The number of hydrogen-bond acceptors (Lipinski definition) is 4. The van der Waals surface area contributed by atoms with Crippen LogP contribution in [0.3, 0.4) is 0 Å². The van der Waals surface area contributed by atoms with Crippen molar-refractivity contribution in [3.8, 4) is 11.3 Å². The summed E-state index contributed by atoms with van der Waals surface area (Å²) >= 11 is 0. The van der Waals surface area contributed by atoms with Crippen molar-refractivity contribution < 1.29 is 12.8 Å². The molecular weight excluding hydrogens is 381 g/mol. The van der Waals surface area contributed by atoms with E-state index in [1.807, 2.05) is 6.92 Å². The average molecular weight is 401 g/mol. The normalized spacial score (nSPS) is 11.5. The zero-order chi connectivity index (χ0) is 20.1. The lowest BCUT2D eigenvalue weighted by atomic mass is 10.1. The van der Waals surface area contributed by atoms with Gasteiger partial charge in [0.05, 0.1) is 17.1 Å². The first-order valence-electron chi connectivity index (χ1n) is 8.82. The smallest absolute Gasteiger partial charge is 0.266 e. The number of nitrogens with zero attached hydrogens (tertiary/aromatic N) is 2. The molecule has 0 aliphatic heterocycles. The zero-order valence-corrected chi connectivity index (χ0v) is 16.1. The van der Waals surface area contributed by atoms with E-state index >= 15 is 0 Å². The SMILES string of the molecule is CCc1ccc(S(=O)(=O)NCCn2nc(-c3ccc(F)cc3)ccc2=O)cc1. The standard InChI is InChI=1S/C20H20FN3O3S/c1-2-15-3-9-18(10-4-15)28(26,27)22-13-14-24-20(25)12-11-19(23-24)16-5-7-17(21)8-6-16/h3-12,22H,2,13-14H2,1H3. The molecule has 0 saturated heterocycles. The molecule has 0 radical (unpaired) electrons. The number of hydrogen-bond donors (Lipinski definition) is 1. The van der Waals surface area contributed by atoms with Crippen LogP contribution in [0, 0.1) is 5.82 Å². The average Bonchev–Trinajstić information content (AvgIpc) is 2.70. The van der Waals surface area contributed by atoms with Gasteiger partial charge in [0, 0.05) is 18.2 Å². The highest BCUT2D eigenvalue weighted by atomic mass is 32.2. The molecule has 3 aromatic rings. The molecule has 2 aromatic carbocycles. The van der Waals surface area contributed by atoms with E-state index in [1.165, 1.54) is 22.9 Å². The number of sulfonamides is 1. The van der Waals surface area contributed by atoms with E-state index in [2.05, 4.69) is 9.82 Å². The van der Waals surface area contributed by atoms with Gasteiger partial charge >= 0.3 is 0 Å². The van der Waals surface area contributed by atoms with Gasteiger partial charge in [-0.3, -0.25) is 4.79 Å². The Morgan fingerprint density at radius 2 is 1.68 bits per heavy atom. The largest absolute Gasteiger partial charge is 0.268 e. The molecule has 0 bridgehead atoms. The minimum absolute atomic E-state index is 0.0115. The van der Waals surface area contributed by atoms with E-state index in [-0.39, 0.29) is 29.4 Å². The fraction of sp³-hybridized carbons (Fsp3) is 0.200. The van der Waals surface area contributed by atoms with Crippen LogP contribution < -0.4 is 10.3 Å². The van der Waals surface area contributed by atoms with Crippen molar-refractivity contribution in [3.63, 3.8) is 0 Å². The molecule has 1 aromatic heterocycles. The van der Waals surface area contributed by atoms with Gasteiger partial charge in [0.25, 0.3) is 5.56 Å². The third kappa shape index (κ3) is 4.71. The summed E-state index contributed by atoms with van der Waals surface area (Å²) in [6, 6.07) is 15.3. The van der Waals surface area contributed by atoms with Crippen LogP contribution in [0.5, 0.6) is 0 Å². The van der Waals surface area contributed by atoms with Crippen LogP contribution in [-0.4, -0.2) is 24.7 Å². The summed E-state index contributed by atoms with van der Waals surface area (Å²) in [5, 5.41) is 4.23. The summed E-state index contributed by atoms with van der Waals surface area (Å²) in [5.41, 5.74) is 1.86. The monoisotopic (exact) mass is 401 g/mol. The molecule has 3 rings (SSSR count). The molecule has 0 unspecified atom stereocenters. The summed E-state index contributed by atoms with van der Waals surface area (Å²) in [4.78, 5) is 12.2. The van der Waals surface area contributed by atoms with Crippen molar-refractivity contribution in [1.82, 2.24) is 14.5 Å².